The lowest BCUT2D eigenvalue weighted by molar-refractivity contribution is -0.113. The number of nitrogens with zero attached hydrogens (tertiary/aromatic N) is 2. The third-order valence-corrected chi connectivity index (χ3v) is 5.98. The van der Waals surface area contributed by atoms with Gasteiger partial charge in [-0.05, 0) is 52.7 Å². The van der Waals surface area contributed by atoms with Crippen LogP contribution in [0.15, 0.2) is 23.4 Å². The number of hydrogen-bond acceptors (Lipinski definition) is 6. The zero-order valence-electron chi connectivity index (χ0n) is 18.2. The number of rotatable bonds is 10. The summed E-state index contributed by atoms with van der Waals surface area (Å²) < 4.78 is 19.1. The van der Waals surface area contributed by atoms with E-state index >= 15 is 0 Å². The molecule has 0 aliphatic carbocycles. The highest BCUT2D eigenvalue weighted by Gasteiger charge is 2.21. The summed E-state index contributed by atoms with van der Waals surface area (Å²) in [5.41, 5.74) is 2.72. The second-order valence-electron chi connectivity index (χ2n) is 7.17. The molecule has 0 bridgehead atoms. The van der Waals surface area contributed by atoms with Gasteiger partial charge >= 0.3 is 0 Å². The molecule has 0 saturated carbocycles. The Bertz CT molecular complexity index is 862. The van der Waals surface area contributed by atoms with Crippen LogP contribution in [0, 0.1) is 13.8 Å². The first kappa shape index (κ1) is 22.5. The molecule has 0 spiro atoms. The van der Waals surface area contributed by atoms with Crippen molar-refractivity contribution in [1.29, 1.82) is 0 Å². The first-order chi connectivity index (χ1) is 14.5. The molecule has 3 rings (SSSR count). The van der Waals surface area contributed by atoms with Gasteiger partial charge in [0, 0.05) is 18.4 Å². The maximum Gasteiger partial charge on any atom is 0.234 e. The normalized spacial score (nSPS) is 15.9. The Morgan fingerprint density at radius 1 is 1.30 bits per heavy atom. The van der Waals surface area contributed by atoms with Crippen molar-refractivity contribution < 1.29 is 19.0 Å². The summed E-state index contributed by atoms with van der Waals surface area (Å²) in [5.74, 6) is 1.47. The zero-order valence-corrected chi connectivity index (χ0v) is 19.0. The van der Waals surface area contributed by atoms with Crippen molar-refractivity contribution in [2.45, 2.75) is 58.3 Å². The van der Waals surface area contributed by atoms with Gasteiger partial charge in [-0.25, -0.2) is 4.98 Å². The van der Waals surface area contributed by atoms with Gasteiger partial charge < -0.3 is 24.1 Å². The van der Waals surface area contributed by atoms with E-state index in [0.29, 0.717) is 30.4 Å². The first-order valence-electron chi connectivity index (χ1n) is 10.5. The van der Waals surface area contributed by atoms with Gasteiger partial charge in [0.1, 0.15) is 11.5 Å². The number of carbonyl (C=O) groups excluding carboxylic acids is 1. The van der Waals surface area contributed by atoms with Crippen LogP contribution in [0.4, 0.5) is 5.69 Å². The molecule has 164 valence electrons. The van der Waals surface area contributed by atoms with Crippen molar-refractivity contribution in [3.63, 3.8) is 0 Å². The lowest BCUT2D eigenvalue weighted by atomic mass is 10.2. The number of amides is 1. The summed E-state index contributed by atoms with van der Waals surface area (Å²) in [6.45, 7) is 10.6. The van der Waals surface area contributed by atoms with Crippen molar-refractivity contribution in [1.82, 2.24) is 9.55 Å². The minimum absolute atomic E-state index is 0.114. The van der Waals surface area contributed by atoms with E-state index in [4.69, 9.17) is 14.2 Å². The Kier molecular flexibility index (Phi) is 8.04. The summed E-state index contributed by atoms with van der Waals surface area (Å²) in [6.07, 6.45) is 2.39. The lowest BCUT2D eigenvalue weighted by Crippen LogP contribution is -2.18. The molecule has 1 N–H and O–H groups in total. The maximum atomic E-state index is 12.7. The third-order valence-electron chi connectivity index (χ3n) is 5.00. The highest BCUT2D eigenvalue weighted by molar-refractivity contribution is 7.99. The smallest absolute Gasteiger partial charge is 0.234 e. The predicted molar refractivity (Wildman–Crippen MR) is 119 cm³/mol. The topological polar surface area (TPSA) is 74.6 Å². The zero-order chi connectivity index (χ0) is 21.5. The molecule has 1 atom stereocenters. The standard InChI is InChI=1S/C22H31N3O4S/c1-5-27-17-9-10-20(28-6-2)19(12-17)24-21(26)14-30-22-23-15(3)16(4)25(22)13-18-8-7-11-29-18/h9-10,12,18H,5-8,11,13-14H2,1-4H3,(H,24,26)/t18-/m0/s1. The average molecular weight is 434 g/mol. The van der Waals surface area contributed by atoms with E-state index in [1.807, 2.05) is 32.9 Å². The van der Waals surface area contributed by atoms with Crippen molar-refractivity contribution in [2.24, 2.45) is 0 Å². The van der Waals surface area contributed by atoms with Crippen LogP contribution in [0.25, 0.3) is 0 Å². The molecule has 1 fully saturated rings. The molecule has 1 saturated heterocycles. The van der Waals surface area contributed by atoms with Gasteiger partial charge in [-0.3, -0.25) is 4.79 Å². The van der Waals surface area contributed by atoms with Gasteiger partial charge in [-0.1, -0.05) is 11.8 Å². The molecule has 30 heavy (non-hydrogen) atoms. The molecular weight excluding hydrogens is 402 g/mol. The van der Waals surface area contributed by atoms with Crippen molar-refractivity contribution in [3.8, 4) is 11.5 Å². The first-order valence-corrected chi connectivity index (χ1v) is 11.5. The van der Waals surface area contributed by atoms with Crippen LogP contribution in [0.3, 0.4) is 0 Å². The molecule has 1 amide bonds. The second-order valence-corrected chi connectivity index (χ2v) is 8.11. The number of hydrogen-bond donors (Lipinski definition) is 1. The van der Waals surface area contributed by atoms with E-state index in [2.05, 4.69) is 21.8 Å². The molecule has 1 aromatic carbocycles. The molecule has 8 heteroatoms. The summed E-state index contributed by atoms with van der Waals surface area (Å²) >= 11 is 1.44. The molecule has 2 aromatic rings. The Hall–Kier alpha value is -2.19. The quantitative estimate of drug-likeness (QED) is 0.566. The van der Waals surface area contributed by atoms with Gasteiger partial charge in [0.15, 0.2) is 5.16 Å². The monoisotopic (exact) mass is 433 g/mol. The van der Waals surface area contributed by atoms with Gasteiger partial charge in [0.2, 0.25) is 5.91 Å². The lowest BCUT2D eigenvalue weighted by Gasteiger charge is -2.15. The number of aromatic nitrogens is 2. The minimum Gasteiger partial charge on any atom is -0.494 e. The second kappa shape index (κ2) is 10.7. The van der Waals surface area contributed by atoms with E-state index in [9.17, 15) is 4.79 Å². The highest BCUT2D eigenvalue weighted by Crippen LogP contribution is 2.30. The SMILES string of the molecule is CCOc1ccc(OCC)c(NC(=O)CSc2nc(C)c(C)n2C[C@@H]2CCCO2)c1. The van der Waals surface area contributed by atoms with Crippen molar-refractivity contribution >= 4 is 23.4 Å². The molecule has 0 radical (unpaired) electrons. The fourth-order valence-electron chi connectivity index (χ4n) is 3.40. The fraction of sp³-hybridized carbons (Fsp3) is 0.545. The molecule has 1 aromatic heterocycles. The number of thioether (sulfide) groups is 1. The molecular formula is C22H31N3O4S. The Morgan fingerprint density at radius 3 is 2.80 bits per heavy atom. The van der Waals surface area contributed by atoms with Crippen molar-refractivity contribution in [3.05, 3.63) is 29.6 Å². The fourth-order valence-corrected chi connectivity index (χ4v) is 4.30. The maximum absolute atomic E-state index is 12.7. The van der Waals surface area contributed by atoms with E-state index in [1.165, 1.54) is 11.8 Å². The highest BCUT2D eigenvalue weighted by atomic mass is 32.2. The average Bonchev–Trinajstić information content (AvgIpc) is 3.33. The van der Waals surface area contributed by atoms with E-state index in [1.54, 1.807) is 6.07 Å². The number of ether oxygens (including phenoxy) is 3. The van der Waals surface area contributed by atoms with Crippen molar-refractivity contribution in [2.75, 3.05) is 30.9 Å². The van der Waals surface area contributed by atoms with Crippen LogP contribution < -0.4 is 14.8 Å². The molecule has 7 nitrogen and oxygen atoms in total. The van der Waals surface area contributed by atoms with Crippen LogP contribution in [0.5, 0.6) is 11.5 Å². The van der Waals surface area contributed by atoms with E-state index in [0.717, 1.165) is 42.5 Å². The number of carbonyl (C=O) groups is 1. The Morgan fingerprint density at radius 2 is 2.10 bits per heavy atom. The Balaban J connectivity index is 1.66. The van der Waals surface area contributed by atoms with Crippen LogP contribution >= 0.6 is 11.8 Å². The van der Waals surface area contributed by atoms with Crippen LogP contribution in [0.2, 0.25) is 0 Å². The largest absolute Gasteiger partial charge is 0.494 e. The van der Waals surface area contributed by atoms with Gasteiger partial charge in [0.25, 0.3) is 0 Å². The van der Waals surface area contributed by atoms with Crippen LogP contribution in [-0.2, 0) is 16.1 Å². The molecule has 0 unspecified atom stereocenters. The summed E-state index contributed by atoms with van der Waals surface area (Å²) in [4.78, 5) is 17.3. The Labute approximate surface area is 182 Å². The summed E-state index contributed by atoms with van der Waals surface area (Å²) in [7, 11) is 0. The molecule has 1 aliphatic heterocycles. The van der Waals surface area contributed by atoms with E-state index < -0.39 is 0 Å². The van der Waals surface area contributed by atoms with Crippen LogP contribution in [0.1, 0.15) is 38.1 Å². The van der Waals surface area contributed by atoms with Gasteiger partial charge in [0.05, 0.1) is 43.0 Å². The van der Waals surface area contributed by atoms with Crippen LogP contribution in [-0.4, -0.2) is 47.1 Å². The number of nitrogens with one attached hydrogen (secondary N) is 1. The minimum atomic E-state index is -0.114. The third kappa shape index (κ3) is 5.70. The summed E-state index contributed by atoms with van der Waals surface area (Å²) in [5, 5.41) is 3.80. The number of imidazole rings is 1. The van der Waals surface area contributed by atoms with Gasteiger partial charge in [-0.2, -0.15) is 0 Å². The van der Waals surface area contributed by atoms with Gasteiger partial charge in [-0.15, -0.1) is 0 Å². The number of aryl methyl sites for hydroxylation is 1. The molecule has 2 heterocycles. The number of benzene rings is 1. The molecule has 1 aliphatic rings. The number of anilines is 1. The summed E-state index contributed by atoms with van der Waals surface area (Å²) in [6, 6.07) is 5.45. The predicted octanol–water partition coefficient (Wildman–Crippen LogP) is 4.21. The van der Waals surface area contributed by atoms with E-state index in [-0.39, 0.29) is 17.8 Å².